The van der Waals surface area contributed by atoms with Gasteiger partial charge < -0.3 is 19.7 Å². The average Bonchev–Trinajstić information content (AvgIpc) is 2.67. The van der Waals surface area contributed by atoms with Gasteiger partial charge in [-0.25, -0.2) is 14.8 Å². The van der Waals surface area contributed by atoms with Crippen molar-refractivity contribution in [1.82, 2.24) is 14.9 Å². The van der Waals surface area contributed by atoms with Crippen LogP contribution in [0.2, 0.25) is 0 Å². The molecule has 1 N–H and O–H groups in total. The van der Waals surface area contributed by atoms with Gasteiger partial charge in [-0.3, -0.25) is 4.79 Å². The maximum absolute atomic E-state index is 12.6. The number of anilines is 2. The second-order valence-electron chi connectivity index (χ2n) is 5.78. The fraction of sp³-hybridized carbons (Fsp3) is 0.333. The van der Waals surface area contributed by atoms with E-state index in [-0.39, 0.29) is 5.91 Å². The van der Waals surface area contributed by atoms with Gasteiger partial charge in [0.2, 0.25) is 0 Å². The molecule has 1 amide bonds. The quantitative estimate of drug-likeness (QED) is 0.835. The van der Waals surface area contributed by atoms with Crippen LogP contribution in [0.5, 0.6) is 0 Å². The molecular weight excluding hydrogens is 336 g/mol. The van der Waals surface area contributed by atoms with Crippen LogP contribution >= 0.6 is 0 Å². The molecule has 1 saturated heterocycles. The molecule has 0 saturated carbocycles. The van der Waals surface area contributed by atoms with Gasteiger partial charge in [0.05, 0.1) is 25.9 Å². The average molecular weight is 356 g/mol. The molecule has 1 aliphatic rings. The maximum Gasteiger partial charge on any atom is 0.337 e. The number of benzene rings is 1. The first-order chi connectivity index (χ1) is 12.6. The van der Waals surface area contributed by atoms with E-state index in [0.717, 1.165) is 5.69 Å². The Bertz CT molecular complexity index is 801. The summed E-state index contributed by atoms with van der Waals surface area (Å²) in [5, 5.41) is 3.13. The third-order valence-electron chi connectivity index (χ3n) is 3.93. The zero-order valence-corrected chi connectivity index (χ0v) is 14.7. The lowest BCUT2D eigenvalue weighted by atomic mass is 10.2. The standard InChI is InChI=1S/C18H20N4O4/c1-12-19-15(17(23)22-7-9-26-10-8-22)11-16(20-12)21-14-5-3-13(4-6-14)18(24)25-2/h3-6,11H,7-10H2,1-2H3,(H,19,20,21). The Labute approximate surface area is 151 Å². The molecule has 0 unspecified atom stereocenters. The van der Waals surface area contributed by atoms with Crippen molar-refractivity contribution in [3.05, 3.63) is 47.4 Å². The van der Waals surface area contributed by atoms with Gasteiger partial charge in [-0.15, -0.1) is 0 Å². The molecule has 1 aromatic heterocycles. The summed E-state index contributed by atoms with van der Waals surface area (Å²) in [6.07, 6.45) is 0. The Morgan fingerprint density at radius 1 is 1.15 bits per heavy atom. The molecule has 8 nitrogen and oxygen atoms in total. The Kier molecular flexibility index (Phi) is 5.43. The fourth-order valence-corrected chi connectivity index (χ4v) is 2.63. The van der Waals surface area contributed by atoms with E-state index in [2.05, 4.69) is 20.0 Å². The summed E-state index contributed by atoms with van der Waals surface area (Å²) in [7, 11) is 1.34. The molecule has 136 valence electrons. The molecule has 0 radical (unpaired) electrons. The lowest BCUT2D eigenvalue weighted by molar-refractivity contribution is 0.0299. The number of hydrogen-bond acceptors (Lipinski definition) is 7. The highest BCUT2D eigenvalue weighted by atomic mass is 16.5. The van der Waals surface area contributed by atoms with E-state index in [1.807, 2.05) is 0 Å². The van der Waals surface area contributed by atoms with Crippen LogP contribution in [0.25, 0.3) is 0 Å². The summed E-state index contributed by atoms with van der Waals surface area (Å²) in [6.45, 7) is 3.92. The van der Waals surface area contributed by atoms with Gasteiger partial charge in [-0.05, 0) is 31.2 Å². The van der Waals surface area contributed by atoms with Crippen LogP contribution in [0.1, 0.15) is 26.7 Å². The summed E-state index contributed by atoms with van der Waals surface area (Å²) in [6, 6.07) is 8.42. The predicted molar refractivity (Wildman–Crippen MR) is 94.6 cm³/mol. The Balaban J connectivity index is 1.77. The molecule has 0 aliphatic carbocycles. The molecule has 0 bridgehead atoms. The second-order valence-corrected chi connectivity index (χ2v) is 5.78. The molecule has 3 rings (SSSR count). The molecule has 2 heterocycles. The number of hydrogen-bond donors (Lipinski definition) is 1. The highest BCUT2D eigenvalue weighted by Gasteiger charge is 2.20. The summed E-state index contributed by atoms with van der Waals surface area (Å²) in [5.41, 5.74) is 1.54. The first-order valence-electron chi connectivity index (χ1n) is 8.25. The van der Waals surface area contributed by atoms with E-state index in [1.54, 1.807) is 42.2 Å². The van der Waals surface area contributed by atoms with E-state index in [0.29, 0.717) is 49.2 Å². The maximum atomic E-state index is 12.6. The van der Waals surface area contributed by atoms with E-state index in [9.17, 15) is 9.59 Å². The lowest BCUT2D eigenvalue weighted by Gasteiger charge is -2.26. The Morgan fingerprint density at radius 2 is 1.85 bits per heavy atom. The predicted octanol–water partition coefficient (Wildman–Crippen LogP) is 1.79. The first kappa shape index (κ1) is 17.8. The van der Waals surface area contributed by atoms with Crippen molar-refractivity contribution >= 4 is 23.4 Å². The molecular formula is C18H20N4O4. The van der Waals surface area contributed by atoms with Gasteiger partial charge in [-0.2, -0.15) is 0 Å². The number of ether oxygens (including phenoxy) is 2. The first-order valence-corrected chi connectivity index (χ1v) is 8.25. The van der Waals surface area contributed by atoms with E-state index in [1.165, 1.54) is 7.11 Å². The van der Waals surface area contributed by atoms with Gasteiger partial charge in [-0.1, -0.05) is 0 Å². The van der Waals surface area contributed by atoms with Gasteiger partial charge in [0.1, 0.15) is 17.3 Å². The lowest BCUT2D eigenvalue weighted by Crippen LogP contribution is -2.41. The topological polar surface area (TPSA) is 93.7 Å². The minimum Gasteiger partial charge on any atom is -0.465 e. The van der Waals surface area contributed by atoms with E-state index < -0.39 is 5.97 Å². The molecule has 8 heteroatoms. The number of aromatic nitrogens is 2. The van der Waals surface area contributed by atoms with Crippen LogP contribution in [-0.4, -0.2) is 60.2 Å². The highest BCUT2D eigenvalue weighted by molar-refractivity contribution is 5.93. The Morgan fingerprint density at radius 3 is 2.50 bits per heavy atom. The number of carbonyl (C=O) groups excluding carboxylic acids is 2. The van der Waals surface area contributed by atoms with Crippen molar-refractivity contribution in [3.63, 3.8) is 0 Å². The van der Waals surface area contributed by atoms with E-state index in [4.69, 9.17) is 4.74 Å². The third-order valence-corrected chi connectivity index (χ3v) is 3.93. The number of amides is 1. The zero-order valence-electron chi connectivity index (χ0n) is 14.7. The number of methoxy groups -OCH3 is 1. The fourth-order valence-electron chi connectivity index (χ4n) is 2.63. The van der Waals surface area contributed by atoms with Crippen LogP contribution in [0.4, 0.5) is 11.5 Å². The minimum absolute atomic E-state index is 0.136. The normalized spacial score (nSPS) is 14.0. The molecule has 2 aromatic rings. The second kappa shape index (κ2) is 7.92. The summed E-state index contributed by atoms with van der Waals surface area (Å²) in [4.78, 5) is 34.4. The summed E-state index contributed by atoms with van der Waals surface area (Å²) < 4.78 is 9.95. The number of aryl methyl sites for hydroxylation is 1. The number of carbonyl (C=O) groups is 2. The third kappa shape index (κ3) is 4.15. The number of morpholine rings is 1. The molecule has 26 heavy (non-hydrogen) atoms. The molecule has 0 spiro atoms. The number of esters is 1. The zero-order chi connectivity index (χ0) is 18.5. The molecule has 1 aromatic carbocycles. The smallest absolute Gasteiger partial charge is 0.337 e. The molecule has 1 aliphatic heterocycles. The molecule has 1 fully saturated rings. The minimum atomic E-state index is -0.396. The summed E-state index contributed by atoms with van der Waals surface area (Å²) in [5.74, 6) is 0.480. The monoisotopic (exact) mass is 356 g/mol. The molecule has 0 atom stereocenters. The van der Waals surface area contributed by atoms with E-state index >= 15 is 0 Å². The highest BCUT2D eigenvalue weighted by Crippen LogP contribution is 2.18. The van der Waals surface area contributed by atoms with Crippen molar-refractivity contribution in [2.24, 2.45) is 0 Å². The van der Waals surface area contributed by atoms with Gasteiger partial charge in [0, 0.05) is 24.8 Å². The Hall–Kier alpha value is -3.00. The van der Waals surface area contributed by atoms with Gasteiger partial charge in [0.25, 0.3) is 5.91 Å². The SMILES string of the molecule is COC(=O)c1ccc(Nc2cc(C(=O)N3CCOCC3)nc(C)n2)cc1. The van der Waals surface area contributed by atoms with Crippen LogP contribution in [0, 0.1) is 6.92 Å². The van der Waals surface area contributed by atoms with Crippen LogP contribution in [0.3, 0.4) is 0 Å². The van der Waals surface area contributed by atoms with Crippen molar-refractivity contribution in [2.45, 2.75) is 6.92 Å². The van der Waals surface area contributed by atoms with Gasteiger partial charge >= 0.3 is 5.97 Å². The van der Waals surface area contributed by atoms with Crippen LogP contribution in [0.15, 0.2) is 30.3 Å². The van der Waals surface area contributed by atoms with Crippen LogP contribution in [-0.2, 0) is 9.47 Å². The van der Waals surface area contributed by atoms with Gasteiger partial charge in [0.15, 0.2) is 0 Å². The van der Waals surface area contributed by atoms with Crippen molar-refractivity contribution in [3.8, 4) is 0 Å². The number of nitrogens with one attached hydrogen (secondary N) is 1. The number of rotatable bonds is 4. The largest absolute Gasteiger partial charge is 0.465 e. The van der Waals surface area contributed by atoms with Crippen LogP contribution < -0.4 is 5.32 Å². The van der Waals surface area contributed by atoms with Crippen molar-refractivity contribution < 1.29 is 19.1 Å². The van der Waals surface area contributed by atoms with Crippen molar-refractivity contribution in [2.75, 3.05) is 38.7 Å². The summed E-state index contributed by atoms with van der Waals surface area (Å²) >= 11 is 0. The number of nitrogens with zero attached hydrogens (tertiary/aromatic N) is 3. The van der Waals surface area contributed by atoms with Crippen molar-refractivity contribution in [1.29, 1.82) is 0 Å².